The number of nitrogens with zero attached hydrogens (tertiary/aromatic N) is 3. The Morgan fingerprint density at radius 3 is 2.77 bits per heavy atom. The Bertz CT molecular complexity index is 1200. The van der Waals surface area contributed by atoms with Gasteiger partial charge in [-0.3, -0.25) is 4.79 Å². The molecule has 0 radical (unpaired) electrons. The third-order valence-electron chi connectivity index (χ3n) is 5.91. The van der Waals surface area contributed by atoms with Crippen LogP contribution in [0.2, 0.25) is 0 Å². The smallest absolute Gasteiger partial charge is 0.226 e. The first-order valence-electron chi connectivity index (χ1n) is 9.99. The van der Waals surface area contributed by atoms with Crippen molar-refractivity contribution in [1.82, 2.24) is 14.8 Å². The number of rotatable bonds is 4. The molecule has 2 aromatic carbocycles. The summed E-state index contributed by atoms with van der Waals surface area (Å²) in [7, 11) is 3.26. The SMILES string of the molecule is COc1ccc(C2CC(=O)C3=C(C2)Nc2ncnn2C3c2cccc(Br)c2)c(OC)c1. The van der Waals surface area contributed by atoms with Gasteiger partial charge in [-0.15, -0.1) is 0 Å². The zero-order valence-corrected chi connectivity index (χ0v) is 18.7. The number of hydrogen-bond donors (Lipinski definition) is 1. The van der Waals surface area contributed by atoms with Crippen molar-refractivity contribution in [2.24, 2.45) is 0 Å². The van der Waals surface area contributed by atoms with E-state index in [0.717, 1.165) is 38.4 Å². The van der Waals surface area contributed by atoms with Gasteiger partial charge in [0.2, 0.25) is 5.95 Å². The fourth-order valence-electron chi connectivity index (χ4n) is 4.51. The summed E-state index contributed by atoms with van der Waals surface area (Å²) in [6.07, 6.45) is 2.60. The predicted molar refractivity (Wildman–Crippen MR) is 119 cm³/mol. The summed E-state index contributed by atoms with van der Waals surface area (Å²) >= 11 is 3.54. The molecule has 5 rings (SSSR count). The number of allylic oxidation sites excluding steroid dienone is 2. The van der Waals surface area contributed by atoms with E-state index in [0.29, 0.717) is 18.8 Å². The molecule has 0 saturated carbocycles. The van der Waals surface area contributed by atoms with Gasteiger partial charge in [-0.25, -0.2) is 4.68 Å². The van der Waals surface area contributed by atoms with Gasteiger partial charge >= 0.3 is 0 Å². The number of ketones is 1. The number of carbonyl (C=O) groups excluding carboxylic acids is 1. The predicted octanol–water partition coefficient (Wildman–Crippen LogP) is 4.47. The van der Waals surface area contributed by atoms with E-state index >= 15 is 0 Å². The summed E-state index contributed by atoms with van der Waals surface area (Å²) in [5.74, 6) is 2.18. The zero-order chi connectivity index (χ0) is 21.5. The van der Waals surface area contributed by atoms with E-state index in [4.69, 9.17) is 9.47 Å². The quantitative estimate of drug-likeness (QED) is 0.593. The topological polar surface area (TPSA) is 78.3 Å². The highest BCUT2D eigenvalue weighted by Gasteiger charge is 2.39. The monoisotopic (exact) mass is 480 g/mol. The Labute approximate surface area is 188 Å². The van der Waals surface area contributed by atoms with Gasteiger partial charge in [-0.05, 0) is 35.7 Å². The van der Waals surface area contributed by atoms with Crippen molar-refractivity contribution in [3.63, 3.8) is 0 Å². The van der Waals surface area contributed by atoms with E-state index in [1.54, 1.807) is 18.9 Å². The van der Waals surface area contributed by atoms with Crippen LogP contribution in [0.3, 0.4) is 0 Å². The summed E-state index contributed by atoms with van der Waals surface area (Å²) in [5, 5.41) is 7.76. The van der Waals surface area contributed by atoms with Gasteiger partial charge in [0.05, 0.1) is 14.2 Å². The molecule has 0 spiro atoms. The van der Waals surface area contributed by atoms with Crippen molar-refractivity contribution in [3.05, 3.63) is 75.7 Å². The lowest BCUT2D eigenvalue weighted by atomic mass is 9.77. The fraction of sp³-hybridized carbons (Fsp3) is 0.261. The second-order valence-electron chi connectivity index (χ2n) is 7.64. The number of halogens is 1. The van der Waals surface area contributed by atoms with E-state index in [2.05, 4.69) is 31.3 Å². The Kier molecular flexibility index (Phi) is 5.02. The van der Waals surface area contributed by atoms with Crippen LogP contribution in [0.1, 0.15) is 35.9 Å². The maximum Gasteiger partial charge on any atom is 0.226 e. The maximum absolute atomic E-state index is 13.5. The summed E-state index contributed by atoms with van der Waals surface area (Å²) in [5.41, 5.74) is 3.63. The number of anilines is 1. The van der Waals surface area contributed by atoms with Crippen LogP contribution in [0.15, 0.2) is 64.5 Å². The molecular formula is C23H21BrN4O3. The molecule has 31 heavy (non-hydrogen) atoms. The van der Waals surface area contributed by atoms with Crippen LogP contribution >= 0.6 is 15.9 Å². The Hall–Kier alpha value is -3.13. The summed E-state index contributed by atoms with van der Waals surface area (Å²) in [6.45, 7) is 0. The average molecular weight is 481 g/mol. The highest BCUT2D eigenvalue weighted by Crippen LogP contribution is 2.46. The number of fused-ring (bicyclic) bond motifs is 1. The second-order valence-corrected chi connectivity index (χ2v) is 8.55. The molecule has 7 nitrogen and oxygen atoms in total. The van der Waals surface area contributed by atoms with Crippen molar-refractivity contribution in [2.45, 2.75) is 24.8 Å². The van der Waals surface area contributed by atoms with E-state index in [9.17, 15) is 4.79 Å². The normalized spacial score (nSPS) is 20.0. The second kappa shape index (κ2) is 7.85. The number of Topliss-reactive ketones (excluding diaryl/α,β-unsaturated/α-hetero) is 1. The standard InChI is InChI=1S/C23H21BrN4O3/c1-30-16-6-7-17(20(11-16)31-2)14-9-18-21(19(29)10-14)22(13-4-3-5-15(24)8-13)28-23(27-18)25-12-26-28/h3-8,11-12,14,22H,9-10H2,1-2H3,(H,25,26,27). The molecular weight excluding hydrogens is 460 g/mol. The van der Waals surface area contributed by atoms with Gasteiger partial charge in [0.1, 0.15) is 23.9 Å². The summed E-state index contributed by atoms with van der Waals surface area (Å²) < 4.78 is 13.7. The van der Waals surface area contributed by atoms with E-state index in [1.807, 2.05) is 42.5 Å². The van der Waals surface area contributed by atoms with Gasteiger partial charge in [-0.2, -0.15) is 10.1 Å². The molecule has 0 bridgehead atoms. The third-order valence-corrected chi connectivity index (χ3v) is 6.40. The van der Waals surface area contributed by atoms with E-state index in [1.165, 1.54) is 6.33 Å². The first-order chi connectivity index (χ1) is 15.1. The molecule has 0 fully saturated rings. The van der Waals surface area contributed by atoms with Crippen molar-refractivity contribution >= 4 is 27.7 Å². The Morgan fingerprint density at radius 1 is 1.13 bits per heavy atom. The minimum atomic E-state index is -0.308. The fourth-order valence-corrected chi connectivity index (χ4v) is 4.93. The molecule has 2 unspecified atom stereocenters. The number of ether oxygens (including phenoxy) is 2. The number of carbonyl (C=O) groups is 1. The molecule has 2 atom stereocenters. The maximum atomic E-state index is 13.5. The number of methoxy groups -OCH3 is 2. The van der Waals surface area contributed by atoms with Crippen molar-refractivity contribution < 1.29 is 14.3 Å². The number of aromatic nitrogens is 3. The van der Waals surface area contributed by atoms with Crippen LogP contribution in [-0.4, -0.2) is 34.8 Å². The number of nitrogens with one attached hydrogen (secondary N) is 1. The van der Waals surface area contributed by atoms with Gasteiger partial charge in [0.15, 0.2) is 5.78 Å². The van der Waals surface area contributed by atoms with Crippen LogP contribution in [0, 0.1) is 0 Å². The van der Waals surface area contributed by atoms with Crippen molar-refractivity contribution in [2.75, 3.05) is 19.5 Å². The van der Waals surface area contributed by atoms with Gasteiger partial charge in [0, 0.05) is 34.1 Å². The molecule has 158 valence electrons. The van der Waals surface area contributed by atoms with Gasteiger partial charge in [0.25, 0.3) is 0 Å². The lowest BCUT2D eigenvalue weighted by Crippen LogP contribution is -2.33. The highest BCUT2D eigenvalue weighted by molar-refractivity contribution is 9.10. The number of benzene rings is 2. The molecule has 1 aliphatic heterocycles. The van der Waals surface area contributed by atoms with Gasteiger partial charge in [-0.1, -0.05) is 34.1 Å². The molecule has 1 N–H and O–H groups in total. The van der Waals surface area contributed by atoms with Crippen LogP contribution in [0.4, 0.5) is 5.95 Å². The molecule has 3 aromatic rings. The lowest BCUT2D eigenvalue weighted by molar-refractivity contribution is -0.116. The Balaban J connectivity index is 1.58. The van der Waals surface area contributed by atoms with Crippen LogP contribution in [-0.2, 0) is 4.79 Å². The Morgan fingerprint density at radius 2 is 2.00 bits per heavy atom. The van der Waals surface area contributed by atoms with Gasteiger partial charge < -0.3 is 14.8 Å². The van der Waals surface area contributed by atoms with E-state index < -0.39 is 0 Å². The minimum Gasteiger partial charge on any atom is -0.497 e. The largest absolute Gasteiger partial charge is 0.497 e. The molecule has 2 aliphatic rings. The van der Waals surface area contributed by atoms with Crippen LogP contribution in [0.25, 0.3) is 0 Å². The average Bonchev–Trinajstić information content (AvgIpc) is 3.25. The summed E-state index contributed by atoms with van der Waals surface area (Å²) in [6, 6.07) is 13.4. The van der Waals surface area contributed by atoms with Crippen LogP contribution < -0.4 is 14.8 Å². The molecule has 1 aromatic heterocycles. The lowest BCUT2D eigenvalue weighted by Gasteiger charge is -2.35. The first kappa shape index (κ1) is 19.8. The summed E-state index contributed by atoms with van der Waals surface area (Å²) in [4.78, 5) is 17.9. The number of hydrogen-bond acceptors (Lipinski definition) is 6. The molecule has 2 heterocycles. The molecule has 0 amide bonds. The molecule has 0 saturated heterocycles. The minimum absolute atomic E-state index is 0.00256. The van der Waals surface area contributed by atoms with E-state index in [-0.39, 0.29) is 17.7 Å². The van der Waals surface area contributed by atoms with Crippen molar-refractivity contribution in [1.29, 1.82) is 0 Å². The zero-order valence-electron chi connectivity index (χ0n) is 17.1. The van der Waals surface area contributed by atoms with Crippen LogP contribution in [0.5, 0.6) is 11.5 Å². The molecule has 1 aliphatic carbocycles. The first-order valence-corrected chi connectivity index (χ1v) is 10.8. The molecule has 8 heteroatoms. The highest BCUT2D eigenvalue weighted by atomic mass is 79.9. The van der Waals surface area contributed by atoms with Crippen molar-refractivity contribution in [3.8, 4) is 11.5 Å². The third kappa shape index (κ3) is 3.40.